The molecule has 0 spiro atoms. The van der Waals surface area contributed by atoms with E-state index in [-0.39, 0.29) is 134 Å². The Balaban J connectivity index is 2.00. The smallest absolute Gasteiger partial charge is 0.326 e. The van der Waals surface area contributed by atoms with Crippen molar-refractivity contribution in [1.29, 1.82) is 0 Å². The molecule has 20 atom stereocenters. The van der Waals surface area contributed by atoms with Crippen molar-refractivity contribution in [3.63, 3.8) is 0 Å². The topological polar surface area (TPSA) is 761 Å². The summed E-state index contributed by atoms with van der Waals surface area (Å²) in [5.74, 6) is -19.0. The largest absolute Gasteiger partial charge is 0.481 e. The van der Waals surface area contributed by atoms with Crippen LogP contribution in [0.4, 0.5) is 0 Å². The average Bonchev–Trinajstić information content (AvgIpc) is 1.18. The van der Waals surface area contributed by atoms with Gasteiger partial charge in [0.2, 0.25) is 82.7 Å². The molecule has 3 rings (SSSR count). The van der Waals surface area contributed by atoms with Gasteiger partial charge >= 0.3 is 11.9 Å². The fourth-order valence-corrected chi connectivity index (χ4v) is 14.1. The molecule has 45 nitrogen and oxygen atoms in total. The van der Waals surface area contributed by atoms with Crippen molar-refractivity contribution in [1.82, 2.24) is 74.0 Å². The van der Waals surface area contributed by atoms with Crippen LogP contribution in [-0.4, -0.2) is 290 Å². The fraction of sp³-hybridized carbons (Fsp3) is 0.647. The molecule has 33 N–H and O–H groups in total. The first-order valence-corrected chi connectivity index (χ1v) is 44.0. The van der Waals surface area contributed by atoms with Crippen LogP contribution < -0.4 is 109 Å². The molecule has 0 radical (unpaired) electrons. The third kappa shape index (κ3) is 40.1. The quantitative estimate of drug-likeness (QED) is 0.0166. The van der Waals surface area contributed by atoms with Gasteiger partial charge in [-0.3, -0.25) is 81.9 Å². The standard InChI is InChI=1S/C85H141N23O22/c1-11-46(6)64(77(123)100-60(42-52-27-16-13-17-28-52)74(120)99-58(40-45(4)5)72(118)96-55(30-19-21-35-87)70(116)98-57(83(129)130)32-23-37-94-85(91)92)103-71(117)56(31-22-36-93-84(89)90)95-69(115)54(29-18-20-34-86)97-73(119)59(41-51-25-14-12-15-26-51)101-79(125)66(48(8)110)106-81(127)68(50(10)112)107-80(126)67(49(9)111)104-75(121)61(43-63(113)114)102-78(124)65(47(7)109)105-76(122)62-33-24-38-108(62)82(128)53(88)39-44(2)3/h12-17,25-28,44-50,53-62,64-68,109-112H,11,18-24,29-43,86-88H2,1-10H3,(H,95,115)(H,96,118)(H,97,119)(H,98,116)(H,99,120)(H,100,123)(H,101,125)(H,102,124)(H,103,117)(H,104,121)(H,105,122)(H,106,127)(H,107,126)(H,113,114)(H,129,130)(H4,89,90,93)(H4,91,92,94)/t46-,47+,48+,49+,50+,53-,54-,55-,56-,57-,58-,59-,60-,61-,62-,64-,65-,66-,67-,68-/m0/s1. The number of carboxylic acids is 2. The zero-order chi connectivity index (χ0) is 97.8. The third-order valence-electron chi connectivity index (χ3n) is 21.4. The highest BCUT2D eigenvalue weighted by Crippen LogP contribution is 2.22. The second-order valence-corrected chi connectivity index (χ2v) is 33.6. The summed E-state index contributed by atoms with van der Waals surface area (Å²) in [5.41, 5.74) is 41.0. The summed E-state index contributed by atoms with van der Waals surface area (Å²) in [4.78, 5) is 235. The van der Waals surface area contributed by atoms with Crippen LogP contribution >= 0.6 is 0 Å². The number of amides is 14. The number of carbonyl (C=O) groups excluding carboxylic acids is 14. The normalized spacial score (nSPS) is 16.9. The molecule has 130 heavy (non-hydrogen) atoms. The molecular formula is C85H141N23O22. The number of likely N-dealkylation sites (tertiary alicyclic amines) is 1. The zero-order valence-corrected chi connectivity index (χ0v) is 75.8. The van der Waals surface area contributed by atoms with Gasteiger partial charge in [-0.25, -0.2) is 4.79 Å². The van der Waals surface area contributed by atoms with Gasteiger partial charge in [0.15, 0.2) is 11.9 Å². The minimum Gasteiger partial charge on any atom is -0.481 e. The Labute approximate surface area is 757 Å². The van der Waals surface area contributed by atoms with E-state index >= 15 is 9.59 Å². The maximum atomic E-state index is 15.0. The Morgan fingerprint density at radius 1 is 0.400 bits per heavy atom. The Bertz CT molecular complexity index is 4080. The number of benzene rings is 2. The lowest BCUT2D eigenvalue weighted by Gasteiger charge is -2.31. The predicted octanol–water partition coefficient (Wildman–Crippen LogP) is -6.32. The molecule has 1 saturated heterocycles. The fourth-order valence-electron chi connectivity index (χ4n) is 14.1. The molecule has 0 bridgehead atoms. The molecule has 2 aromatic rings. The second-order valence-electron chi connectivity index (χ2n) is 33.6. The highest BCUT2D eigenvalue weighted by Gasteiger charge is 2.43. The molecule has 0 unspecified atom stereocenters. The number of aliphatic carboxylic acids is 2. The number of nitrogens with zero attached hydrogens (tertiary/aromatic N) is 3. The summed E-state index contributed by atoms with van der Waals surface area (Å²) in [7, 11) is 0. The van der Waals surface area contributed by atoms with Crippen LogP contribution in [0.1, 0.15) is 183 Å². The summed E-state index contributed by atoms with van der Waals surface area (Å²) in [6, 6.07) is -7.58. The molecule has 1 heterocycles. The Morgan fingerprint density at radius 2 is 0.723 bits per heavy atom. The Morgan fingerprint density at radius 3 is 1.11 bits per heavy atom. The van der Waals surface area contributed by atoms with Crippen LogP contribution in [0.15, 0.2) is 70.6 Å². The number of carboxylic acid groups (broad SMARTS) is 2. The lowest BCUT2D eigenvalue weighted by Crippen LogP contribution is -2.64. The monoisotopic (exact) mass is 1840 g/mol. The zero-order valence-electron chi connectivity index (χ0n) is 75.8. The Kier molecular flexibility index (Phi) is 50.1. The highest BCUT2D eigenvalue weighted by molar-refractivity contribution is 6.01. The van der Waals surface area contributed by atoms with Crippen LogP contribution in [0.2, 0.25) is 0 Å². The molecule has 14 amide bonds. The van der Waals surface area contributed by atoms with Crippen molar-refractivity contribution in [3.05, 3.63) is 71.8 Å². The molecule has 45 heteroatoms. The van der Waals surface area contributed by atoms with Crippen molar-refractivity contribution in [2.75, 3.05) is 32.7 Å². The van der Waals surface area contributed by atoms with E-state index in [1.165, 1.54) is 4.90 Å². The molecule has 0 aromatic heterocycles. The Hall–Kier alpha value is -11.8. The molecule has 1 aliphatic rings. The van der Waals surface area contributed by atoms with Crippen LogP contribution in [0.25, 0.3) is 0 Å². The van der Waals surface area contributed by atoms with Gasteiger partial charge in [-0.2, -0.15) is 0 Å². The maximum absolute atomic E-state index is 15.0. The van der Waals surface area contributed by atoms with Gasteiger partial charge in [0, 0.05) is 32.5 Å². The number of hydrogen-bond donors (Lipinski definition) is 26. The minimum absolute atomic E-state index is 0.00450. The van der Waals surface area contributed by atoms with Gasteiger partial charge in [0.25, 0.3) is 0 Å². The minimum atomic E-state index is -2.13. The number of hydrogen-bond acceptors (Lipinski definition) is 25. The molecule has 2 aromatic carbocycles. The molecular weight excluding hydrogens is 1700 g/mol. The first-order valence-electron chi connectivity index (χ1n) is 44.0. The molecule has 1 aliphatic heterocycles. The van der Waals surface area contributed by atoms with E-state index in [9.17, 15) is 97.8 Å². The van der Waals surface area contributed by atoms with Crippen molar-refractivity contribution in [2.24, 2.45) is 67.9 Å². The lowest BCUT2D eigenvalue weighted by molar-refractivity contribution is -0.143. The van der Waals surface area contributed by atoms with Crippen molar-refractivity contribution in [2.45, 2.75) is 300 Å². The van der Waals surface area contributed by atoms with Gasteiger partial charge in [0.1, 0.15) is 84.6 Å². The maximum Gasteiger partial charge on any atom is 0.326 e. The third-order valence-corrected chi connectivity index (χ3v) is 21.4. The summed E-state index contributed by atoms with van der Waals surface area (Å²) in [6.07, 6.45) is -6.96. The highest BCUT2D eigenvalue weighted by atomic mass is 16.4. The number of guanidine groups is 2. The second kappa shape index (κ2) is 58.0. The van der Waals surface area contributed by atoms with E-state index in [0.29, 0.717) is 43.2 Å². The van der Waals surface area contributed by atoms with E-state index in [4.69, 9.17) is 40.1 Å². The van der Waals surface area contributed by atoms with Gasteiger partial charge in [-0.05, 0) is 160 Å². The molecule has 1 fully saturated rings. The number of aliphatic imine (C=N–C) groups is 2. The first kappa shape index (κ1) is 112. The van der Waals surface area contributed by atoms with E-state index in [1.807, 2.05) is 13.8 Å². The van der Waals surface area contributed by atoms with E-state index in [2.05, 4.69) is 79.1 Å². The SMILES string of the molecule is CC[C@H](C)[C@H](NC(=O)[C@H](CCCN=C(N)N)NC(=O)[C@H](CCCCN)NC(=O)[C@H](Cc1ccccc1)NC(=O)[C@@H](NC(=O)[C@@H](NC(=O)[C@@H](NC(=O)[C@H](CC(=O)O)NC(=O)[C@@H](NC(=O)[C@@H]1CCCN1C(=O)[C@@H](N)CC(C)C)[C@@H](C)O)[C@@H](C)O)[C@@H](C)O)[C@@H](C)O)C(=O)N[C@@H](Cc1ccccc1)C(=O)N[C@@H](CC(C)C)C(=O)N[C@@H](CCCCN)C(=O)N[C@@H](CCCN=C(N)N)C(=O)O. The number of rotatable bonds is 60. The van der Waals surface area contributed by atoms with Crippen molar-refractivity contribution < 1.29 is 107 Å². The number of aliphatic hydroxyl groups excluding tert-OH is 4. The van der Waals surface area contributed by atoms with Crippen molar-refractivity contribution >= 4 is 107 Å². The summed E-state index contributed by atoms with van der Waals surface area (Å²) in [6.45, 7) is 15.3. The van der Waals surface area contributed by atoms with Gasteiger partial charge < -0.3 is 145 Å². The average molecular weight is 1840 g/mol. The lowest BCUT2D eigenvalue weighted by atomic mass is 9.96. The predicted molar refractivity (Wildman–Crippen MR) is 479 cm³/mol. The summed E-state index contributed by atoms with van der Waals surface area (Å²) in [5, 5.41) is 96.1. The number of unbranched alkanes of at least 4 members (excludes halogenated alkanes) is 2. The molecule has 0 saturated carbocycles. The number of nitrogens with one attached hydrogen (secondary N) is 13. The number of aliphatic hydroxyl groups is 4. The summed E-state index contributed by atoms with van der Waals surface area (Å²) < 4.78 is 0. The number of carbonyl (C=O) groups is 16. The van der Waals surface area contributed by atoms with E-state index < -0.39 is 222 Å². The number of nitrogens with two attached hydrogens (primary N) is 7. The van der Waals surface area contributed by atoms with Crippen molar-refractivity contribution in [3.8, 4) is 0 Å². The van der Waals surface area contributed by atoms with Gasteiger partial charge in [-0.15, -0.1) is 0 Å². The van der Waals surface area contributed by atoms with Crippen LogP contribution in [0, 0.1) is 17.8 Å². The van der Waals surface area contributed by atoms with Crippen LogP contribution in [0.3, 0.4) is 0 Å². The van der Waals surface area contributed by atoms with Crippen LogP contribution in [0.5, 0.6) is 0 Å². The van der Waals surface area contributed by atoms with E-state index in [1.54, 1.807) is 88.4 Å². The van der Waals surface area contributed by atoms with Crippen LogP contribution in [-0.2, 0) is 89.6 Å². The molecule has 728 valence electrons. The molecule has 0 aliphatic carbocycles. The van der Waals surface area contributed by atoms with Gasteiger partial charge in [0.05, 0.1) is 36.9 Å². The van der Waals surface area contributed by atoms with E-state index in [0.717, 1.165) is 27.7 Å². The first-order chi connectivity index (χ1) is 61.2. The summed E-state index contributed by atoms with van der Waals surface area (Å²) >= 11 is 0. The van der Waals surface area contributed by atoms with Gasteiger partial charge in [-0.1, -0.05) is 109 Å².